The van der Waals surface area contributed by atoms with Gasteiger partial charge in [-0.05, 0) is 56.8 Å². The van der Waals surface area contributed by atoms with Crippen LogP contribution in [0.4, 0.5) is 0 Å². The average molecular weight is 294 g/mol. The zero-order chi connectivity index (χ0) is 15.8. The van der Waals surface area contributed by atoms with Gasteiger partial charge in [-0.15, -0.1) is 0 Å². The van der Waals surface area contributed by atoms with Gasteiger partial charge in [-0.25, -0.2) is 4.79 Å². The molecule has 0 bridgehead atoms. The van der Waals surface area contributed by atoms with Crippen molar-refractivity contribution < 1.29 is 9.90 Å². The Bertz CT molecular complexity index is 351. The number of allylic oxidation sites excluding steroid dienone is 1. The van der Waals surface area contributed by atoms with Crippen molar-refractivity contribution in [2.75, 3.05) is 0 Å². The minimum atomic E-state index is -0.690. The van der Waals surface area contributed by atoms with E-state index in [0.717, 1.165) is 36.7 Å². The van der Waals surface area contributed by atoms with E-state index in [0.29, 0.717) is 11.5 Å². The highest BCUT2D eigenvalue weighted by molar-refractivity contribution is 5.87. The monoisotopic (exact) mass is 294 g/mol. The number of hydrogen-bond donors (Lipinski definition) is 1. The number of carboxylic acids is 1. The van der Waals surface area contributed by atoms with Gasteiger partial charge in [0, 0.05) is 5.57 Å². The van der Waals surface area contributed by atoms with Crippen LogP contribution in [0, 0.1) is 17.8 Å². The SMILES string of the molecule is CC(CCCC(C)CCCC(C)C)=C(CC1CC1)C(=O)O. The van der Waals surface area contributed by atoms with Gasteiger partial charge in [0.15, 0.2) is 0 Å². The Labute approximate surface area is 131 Å². The van der Waals surface area contributed by atoms with Gasteiger partial charge in [0.1, 0.15) is 0 Å². The molecule has 0 aromatic rings. The first kappa shape index (κ1) is 18.3. The lowest BCUT2D eigenvalue weighted by Gasteiger charge is -2.13. The molecule has 2 nitrogen and oxygen atoms in total. The number of carboxylic acid groups (broad SMARTS) is 1. The molecule has 0 spiro atoms. The Hall–Kier alpha value is -0.790. The molecule has 0 amide bonds. The molecule has 0 saturated heterocycles. The fourth-order valence-electron chi connectivity index (χ4n) is 2.94. The van der Waals surface area contributed by atoms with E-state index in [2.05, 4.69) is 20.8 Å². The molecule has 1 aliphatic carbocycles. The standard InChI is InChI=1S/C19H34O2/c1-14(2)7-5-8-15(3)9-6-10-16(4)18(19(20)21)13-17-11-12-17/h14-15,17H,5-13H2,1-4H3,(H,20,21). The summed E-state index contributed by atoms with van der Waals surface area (Å²) in [5, 5.41) is 9.34. The lowest BCUT2D eigenvalue weighted by Crippen LogP contribution is -2.05. The highest BCUT2D eigenvalue weighted by Gasteiger charge is 2.26. The molecule has 1 N–H and O–H groups in total. The third-order valence-electron chi connectivity index (χ3n) is 4.69. The highest BCUT2D eigenvalue weighted by Crippen LogP contribution is 2.36. The second-order valence-corrected chi connectivity index (χ2v) is 7.53. The summed E-state index contributed by atoms with van der Waals surface area (Å²) in [5.74, 6) is 1.54. The Balaban J connectivity index is 2.26. The molecule has 1 saturated carbocycles. The van der Waals surface area contributed by atoms with Crippen molar-refractivity contribution in [1.29, 1.82) is 0 Å². The van der Waals surface area contributed by atoms with E-state index in [-0.39, 0.29) is 0 Å². The maximum Gasteiger partial charge on any atom is 0.331 e. The van der Waals surface area contributed by atoms with Crippen LogP contribution in [0.1, 0.15) is 85.5 Å². The zero-order valence-electron chi connectivity index (χ0n) is 14.5. The largest absolute Gasteiger partial charge is 0.478 e. The third kappa shape index (κ3) is 8.28. The van der Waals surface area contributed by atoms with E-state index in [9.17, 15) is 9.90 Å². The summed E-state index contributed by atoms with van der Waals surface area (Å²) in [6, 6.07) is 0. The third-order valence-corrected chi connectivity index (χ3v) is 4.69. The molecule has 0 aliphatic heterocycles. The van der Waals surface area contributed by atoms with Gasteiger partial charge in [0.25, 0.3) is 0 Å². The first-order chi connectivity index (χ1) is 9.90. The van der Waals surface area contributed by atoms with E-state index in [1.54, 1.807) is 0 Å². The van der Waals surface area contributed by atoms with Crippen molar-refractivity contribution in [3.05, 3.63) is 11.1 Å². The van der Waals surface area contributed by atoms with E-state index >= 15 is 0 Å². The fraction of sp³-hybridized carbons (Fsp3) is 0.842. The van der Waals surface area contributed by atoms with Crippen LogP contribution in [-0.2, 0) is 4.79 Å². The minimum Gasteiger partial charge on any atom is -0.478 e. The van der Waals surface area contributed by atoms with Gasteiger partial charge in [-0.1, -0.05) is 52.0 Å². The van der Waals surface area contributed by atoms with E-state index < -0.39 is 5.97 Å². The molecule has 1 rings (SSSR count). The molecule has 1 unspecified atom stereocenters. The average Bonchev–Trinajstić information content (AvgIpc) is 3.18. The van der Waals surface area contributed by atoms with Crippen LogP contribution in [0.3, 0.4) is 0 Å². The van der Waals surface area contributed by atoms with Gasteiger partial charge in [0.05, 0.1) is 0 Å². The lowest BCUT2D eigenvalue weighted by molar-refractivity contribution is -0.132. The summed E-state index contributed by atoms with van der Waals surface area (Å²) < 4.78 is 0. The van der Waals surface area contributed by atoms with Crippen molar-refractivity contribution in [3.8, 4) is 0 Å². The molecule has 1 aliphatic rings. The number of hydrogen-bond acceptors (Lipinski definition) is 1. The van der Waals surface area contributed by atoms with E-state index in [1.807, 2.05) is 6.92 Å². The van der Waals surface area contributed by atoms with E-state index in [1.165, 1.54) is 38.5 Å². The van der Waals surface area contributed by atoms with Gasteiger partial charge in [-0.3, -0.25) is 0 Å². The Morgan fingerprint density at radius 2 is 1.71 bits per heavy atom. The van der Waals surface area contributed by atoms with Gasteiger partial charge in [0.2, 0.25) is 0 Å². The lowest BCUT2D eigenvalue weighted by atomic mass is 9.93. The maximum atomic E-state index is 11.3. The zero-order valence-corrected chi connectivity index (χ0v) is 14.5. The molecule has 122 valence electrons. The van der Waals surface area contributed by atoms with Crippen molar-refractivity contribution in [2.45, 2.75) is 85.5 Å². The number of rotatable bonds is 11. The summed E-state index contributed by atoms with van der Waals surface area (Å²) in [6.07, 6.45) is 10.5. The topological polar surface area (TPSA) is 37.3 Å². The number of carbonyl (C=O) groups is 1. The summed E-state index contributed by atoms with van der Waals surface area (Å²) in [4.78, 5) is 11.3. The quantitative estimate of drug-likeness (QED) is 0.487. The Kier molecular flexibility index (Phi) is 8.06. The van der Waals surface area contributed by atoms with Crippen LogP contribution in [0.5, 0.6) is 0 Å². The first-order valence-corrected chi connectivity index (χ1v) is 8.82. The van der Waals surface area contributed by atoms with Crippen molar-refractivity contribution in [1.82, 2.24) is 0 Å². The second kappa shape index (κ2) is 9.27. The molecular weight excluding hydrogens is 260 g/mol. The molecule has 21 heavy (non-hydrogen) atoms. The van der Waals surface area contributed by atoms with Crippen LogP contribution >= 0.6 is 0 Å². The normalized spacial score (nSPS) is 17.8. The van der Waals surface area contributed by atoms with Crippen LogP contribution in [0.2, 0.25) is 0 Å². The first-order valence-electron chi connectivity index (χ1n) is 8.82. The molecule has 1 fully saturated rings. The summed E-state index contributed by atoms with van der Waals surface area (Å²) >= 11 is 0. The van der Waals surface area contributed by atoms with Crippen LogP contribution in [0.15, 0.2) is 11.1 Å². The molecule has 1 atom stereocenters. The maximum absolute atomic E-state index is 11.3. The Morgan fingerprint density at radius 3 is 2.24 bits per heavy atom. The summed E-state index contributed by atoms with van der Waals surface area (Å²) in [6.45, 7) is 8.93. The molecule has 0 heterocycles. The molecule has 0 radical (unpaired) electrons. The van der Waals surface area contributed by atoms with Crippen molar-refractivity contribution >= 4 is 5.97 Å². The van der Waals surface area contributed by atoms with Crippen LogP contribution in [0.25, 0.3) is 0 Å². The molecule has 0 aromatic carbocycles. The van der Waals surface area contributed by atoms with Crippen LogP contribution < -0.4 is 0 Å². The second-order valence-electron chi connectivity index (χ2n) is 7.53. The van der Waals surface area contributed by atoms with Gasteiger partial charge >= 0.3 is 5.97 Å². The van der Waals surface area contributed by atoms with E-state index in [4.69, 9.17) is 0 Å². The Morgan fingerprint density at radius 1 is 1.10 bits per heavy atom. The van der Waals surface area contributed by atoms with Crippen molar-refractivity contribution in [2.24, 2.45) is 17.8 Å². The predicted octanol–water partition coefficient (Wildman–Crippen LogP) is 5.82. The van der Waals surface area contributed by atoms with Gasteiger partial charge < -0.3 is 5.11 Å². The molecule has 2 heteroatoms. The fourth-order valence-corrected chi connectivity index (χ4v) is 2.94. The molecular formula is C19H34O2. The number of aliphatic carboxylic acids is 1. The summed E-state index contributed by atoms with van der Waals surface area (Å²) in [5.41, 5.74) is 1.81. The summed E-state index contributed by atoms with van der Waals surface area (Å²) in [7, 11) is 0. The predicted molar refractivity (Wildman–Crippen MR) is 89.4 cm³/mol. The van der Waals surface area contributed by atoms with Crippen molar-refractivity contribution in [3.63, 3.8) is 0 Å². The smallest absolute Gasteiger partial charge is 0.331 e. The van der Waals surface area contributed by atoms with Crippen LogP contribution in [-0.4, -0.2) is 11.1 Å². The minimum absolute atomic E-state index is 0.654. The van der Waals surface area contributed by atoms with Gasteiger partial charge in [-0.2, -0.15) is 0 Å². The molecule has 0 aromatic heterocycles. The highest BCUT2D eigenvalue weighted by atomic mass is 16.4.